The molecule has 1 unspecified atom stereocenters. The molecule has 9 heteroatoms. The molecule has 9 nitrogen and oxygen atoms in total. The van der Waals surface area contributed by atoms with Gasteiger partial charge in [-0.25, -0.2) is 0 Å². The van der Waals surface area contributed by atoms with Gasteiger partial charge in [0.05, 0.1) is 32.6 Å². The standard InChI is InChI=1S/C26H31N3O6/c1-26-12-11-23(31)29(26)19-9-6-5-8-18(19)25(32)28(26)13-7-10-22(30)27-16-17-14-20(33-2)24(35-4)21(15-17)34-3/h5-6,8-9,14-15H,7,10-13,16H2,1-4H3,(H,27,30). The summed E-state index contributed by atoms with van der Waals surface area (Å²) in [6.45, 7) is 2.60. The minimum atomic E-state index is -0.713. The van der Waals surface area contributed by atoms with Crippen molar-refractivity contribution < 1.29 is 28.6 Å². The van der Waals surface area contributed by atoms with E-state index < -0.39 is 5.66 Å². The summed E-state index contributed by atoms with van der Waals surface area (Å²) in [5, 5.41) is 2.91. The molecule has 1 saturated heterocycles. The van der Waals surface area contributed by atoms with Crippen LogP contribution in [0.15, 0.2) is 36.4 Å². The zero-order valence-corrected chi connectivity index (χ0v) is 20.6. The van der Waals surface area contributed by atoms with Crippen LogP contribution in [-0.4, -0.2) is 56.2 Å². The van der Waals surface area contributed by atoms with E-state index in [0.717, 1.165) is 5.56 Å². The third kappa shape index (κ3) is 4.38. The van der Waals surface area contributed by atoms with Crippen molar-refractivity contribution >= 4 is 23.4 Å². The van der Waals surface area contributed by atoms with E-state index in [9.17, 15) is 14.4 Å². The van der Waals surface area contributed by atoms with E-state index in [4.69, 9.17) is 14.2 Å². The van der Waals surface area contributed by atoms with E-state index in [0.29, 0.717) is 60.9 Å². The molecule has 2 aromatic carbocycles. The van der Waals surface area contributed by atoms with Gasteiger partial charge in [-0.3, -0.25) is 19.3 Å². The van der Waals surface area contributed by atoms with Gasteiger partial charge in [-0.05, 0) is 49.6 Å². The zero-order chi connectivity index (χ0) is 25.2. The Kier molecular flexibility index (Phi) is 6.86. The molecule has 0 aliphatic carbocycles. The van der Waals surface area contributed by atoms with E-state index in [1.165, 1.54) is 7.11 Å². The largest absolute Gasteiger partial charge is 0.493 e. The van der Waals surface area contributed by atoms with Crippen LogP contribution in [0.25, 0.3) is 0 Å². The van der Waals surface area contributed by atoms with Crippen LogP contribution in [0.4, 0.5) is 5.69 Å². The molecular formula is C26H31N3O6. The summed E-state index contributed by atoms with van der Waals surface area (Å²) in [4.78, 5) is 42.0. The molecule has 0 saturated carbocycles. The number of para-hydroxylation sites is 1. The van der Waals surface area contributed by atoms with Gasteiger partial charge in [-0.2, -0.15) is 0 Å². The molecule has 0 bridgehead atoms. The van der Waals surface area contributed by atoms with Crippen molar-refractivity contribution in [3.05, 3.63) is 47.5 Å². The summed E-state index contributed by atoms with van der Waals surface area (Å²) in [6.07, 6.45) is 1.69. The van der Waals surface area contributed by atoms with Gasteiger partial charge in [0.1, 0.15) is 5.66 Å². The number of amides is 3. The fourth-order valence-corrected chi connectivity index (χ4v) is 4.97. The normalized spacial score (nSPS) is 18.7. The molecule has 2 aromatic rings. The summed E-state index contributed by atoms with van der Waals surface area (Å²) in [7, 11) is 4.62. The minimum absolute atomic E-state index is 0.0144. The van der Waals surface area contributed by atoms with Crippen LogP contribution in [0.1, 0.15) is 48.5 Å². The van der Waals surface area contributed by atoms with E-state index in [1.54, 1.807) is 48.3 Å². The third-order valence-electron chi connectivity index (χ3n) is 6.75. The Morgan fingerprint density at radius 2 is 1.74 bits per heavy atom. The van der Waals surface area contributed by atoms with E-state index in [2.05, 4.69) is 5.32 Å². The number of carbonyl (C=O) groups excluding carboxylic acids is 3. The number of anilines is 1. The predicted molar refractivity (Wildman–Crippen MR) is 130 cm³/mol. The molecule has 0 aromatic heterocycles. The van der Waals surface area contributed by atoms with Gasteiger partial charge in [0.15, 0.2) is 11.5 Å². The maximum absolute atomic E-state index is 13.3. The Hall–Kier alpha value is -3.75. The van der Waals surface area contributed by atoms with Gasteiger partial charge in [0, 0.05) is 25.9 Å². The lowest BCUT2D eigenvalue weighted by Gasteiger charge is -2.48. The van der Waals surface area contributed by atoms with Crippen LogP contribution >= 0.6 is 0 Å². The molecule has 4 rings (SSSR count). The Morgan fingerprint density at radius 3 is 2.40 bits per heavy atom. The quantitative estimate of drug-likeness (QED) is 0.591. The van der Waals surface area contributed by atoms with Gasteiger partial charge in [0.25, 0.3) is 5.91 Å². The summed E-state index contributed by atoms with van der Waals surface area (Å²) in [5.41, 5.74) is 1.28. The fourth-order valence-electron chi connectivity index (χ4n) is 4.97. The lowest BCUT2D eigenvalue weighted by Crippen LogP contribution is -2.62. The molecule has 0 radical (unpaired) electrons. The summed E-state index contributed by atoms with van der Waals surface area (Å²) in [5.74, 6) is 1.30. The van der Waals surface area contributed by atoms with Crippen LogP contribution in [0.3, 0.4) is 0 Å². The number of methoxy groups -OCH3 is 3. The number of ether oxygens (including phenoxy) is 3. The summed E-state index contributed by atoms with van der Waals surface area (Å²) in [6, 6.07) is 10.8. The Bertz CT molecular complexity index is 1120. The summed E-state index contributed by atoms with van der Waals surface area (Å²) >= 11 is 0. The number of hydrogen-bond acceptors (Lipinski definition) is 6. The number of nitrogens with one attached hydrogen (secondary N) is 1. The minimum Gasteiger partial charge on any atom is -0.493 e. The van der Waals surface area contributed by atoms with Crippen molar-refractivity contribution in [3.63, 3.8) is 0 Å². The van der Waals surface area contributed by atoms with Gasteiger partial charge >= 0.3 is 0 Å². The smallest absolute Gasteiger partial charge is 0.257 e. The SMILES string of the molecule is COc1cc(CNC(=O)CCCN2C(=O)c3ccccc3N3C(=O)CCC23C)cc(OC)c1OC. The van der Waals surface area contributed by atoms with E-state index >= 15 is 0 Å². The highest BCUT2D eigenvalue weighted by atomic mass is 16.5. The number of carbonyl (C=O) groups is 3. The number of rotatable bonds is 9. The molecule has 2 aliphatic rings. The van der Waals surface area contributed by atoms with Crippen molar-refractivity contribution in [1.29, 1.82) is 0 Å². The molecule has 3 amide bonds. The van der Waals surface area contributed by atoms with Gasteiger partial charge in [-0.1, -0.05) is 12.1 Å². The Labute approximate surface area is 204 Å². The maximum Gasteiger partial charge on any atom is 0.257 e. The van der Waals surface area contributed by atoms with Gasteiger partial charge < -0.3 is 24.4 Å². The maximum atomic E-state index is 13.3. The monoisotopic (exact) mass is 481 g/mol. The lowest BCUT2D eigenvalue weighted by molar-refractivity contribution is -0.121. The van der Waals surface area contributed by atoms with Crippen LogP contribution in [0.5, 0.6) is 17.2 Å². The van der Waals surface area contributed by atoms with Crippen LogP contribution < -0.4 is 24.4 Å². The zero-order valence-electron chi connectivity index (χ0n) is 20.6. The number of nitrogens with zero attached hydrogens (tertiary/aromatic N) is 2. The topological polar surface area (TPSA) is 97.4 Å². The number of fused-ring (bicyclic) bond motifs is 3. The molecule has 1 fully saturated rings. The average molecular weight is 482 g/mol. The van der Waals surface area contributed by atoms with Crippen LogP contribution in [-0.2, 0) is 16.1 Å². The molecular weight excluding hydrogens is 450 g/mol. The second kappa shape index (κ2) is 9.85. The first-order valence-electron chi connectivity index (χ1n) is 11.6. The molecule has 2 aliphatic heterocycles. The first kappa shape index (κ1) is 24.4. The second-order valence-electron chi connectivity index (χ2n) is 8.83. The van der Waals surface area contributed by atoms with E-state index in [1.807, 2.05) is 19.1 Å². The van der Waals surface area contributed by atoms with Crippen molar-refractivity contribution in [2.45, 2.75) is 44.8 Å². The predicted octanol–water partition coefficient (Wildman–Crippen LogP) is 3.11. The van der Waals surface area contributed by atoms with Gasteiger partial charge in [0.2, 0.25) is 17.6 Å². The third-order valence-corrected chi connectivity index (χ3v) is 6.75. The molecule has 35 heavy (non-hydrogen) atoms. The van der Waals surface area contributed by atoms with Crippen LogP contribution in [0.2, 0.25) is 0 Å². The second-order valence-corrected chi connectivity index (χ2v) is 8.83. The number of hydrogen-bond donors (Lipinski definition) is 1. The molecule has 1 N–H and O–H groups in total. The Balaban J connectivity index is 1.38. The summed E-state index contributed by atoms with van der Waals surface area (Å²) < 4.78 is 16.1. The van der Waals surface area contributed by atoms with Crippen LogP contribution in [0, 0.1) is 0 Å². The van der Waals surface area contributed by atoms with Crippen molar-refractivity contribution in [2.24, 2.45) is 0 Å². The van der Waals surface area contributed by atoms with E-state index in [-0.39, 0.29) is 24.1 Å². The first-order valence-corrected chi connectivity index (χ1v) is 11.6. The molecule has 2 heterocycles. The van der Waals surface area contributed by atoms with Gasteiger partial charge in [-0.15, -0.1) is 0 Å². The van der Waals surface area contributed by atoms with Crippen molar-refractivity contribution in [2.75, 3.05) is 32.8 Å². The highest BCUT2D eigenvalue weighted by molar-refractivity contribution is 6.10. The Morgan fingerprint density at radius 1 is 1.06 bits per heavy atom. The highest BCUT2D eigenvalue weighted by Crippen LogP contribution is 2.44. The lowest BCUT2D eigenvalue weighted by atomic mass is 9.98. The molecule has 1 atom stereocenters. The van der Waals surface area contributed by atoms with Crippen molar-refractivity contribution in [1.82, 2.24) is 10.2 Å². The number of benzene rings is 2. The fraction of sp³-hybridized carbons (Fsp3) is 0.423. The first-order chi connectivity index (χ1) is 16.8. The molecule has 186 valence electrons. The highest BCUT2D eigenvalue weighted by Gasteiger charge is 2.52. The molecule has 0 spiro atoms. The average Bonchev–Trinajstić information content (AvgIpc) is 3.18. The van der Waals surface area contributed by atoms with Crippen molar-refractivity contribution in [3.8, 4) is 17.2 Å².